The summed E-state index contributed by atoms with van der Waals surface area (Å²) in [5.41, 5.74) is 1.30. The highest BCUT2D eigenvalue weighted by Gasteiger charge is 2.44. The van der Waals surface area contributed by atoms with Crippen molar-refractivity contribution in [1.29, 1.82) is 0 Å². The maximum absolute atomic E-state index is 12.0. The van der Waals surface area contributed by atoms with Crippen LogP contribution in [0.3, 0.4) is 0 Å². The van der Waals surface area contributed by atoms with Gasteiger partial charge in [0.1, 0.15) is 0 Å². The number of carbonyl (C=O) groups is 1. The van der Waals surface area contributed by atoms with Crippen molar-refractivity contribution in [3.8, 4) is 0 Å². The zero-order valence-corrected chi connectivity index (χ0v) is 9.86. The van der Waals surface area contributed by atoms with Crippen LogP contribution in [0.2, 0.25) is 0 Å². The molecule has 1 aliphatic heterocycles. The number of nitrogens with one attached hydrogen (secondary N) is 2. The number of amides is 1. The van der Waals surface area contributed by atoms with E-state index in [-0.39, 0.29) is 11.8 Å². The number of benzene rings is 1. The summed E-state index contributed by atoms with van der Waals surface area (Å²) in [6, 6.07) is 10.7. The molecule has 0 aromatic heterocycles. The summed E-state index contributed by atoms with van der Waals surface area (Å²) >= 11 is 0. The Balaban J connectivity index is 1.55. The van der Waals surface area contributed by atoms with Crippen LogP contribution >= 0.6 is 0 Å². The molecule has 0 radical (unpaired) electrons. The summed E-state index contributed by atoms with van der Waals surface area (Å²) in [4.78, 5) is 12.0. The molecule has 0 spiro atoms. The molecule has 1 amide bonds. The quantitative estimate of drug-likeness (QED) is 0.821. The Morgan fingerprint density at radius 3 is 2.82 bits per heavy atom. The molecule has 1 aromatic carbocycles. The second-order valence-electron chi connectivity index (χ2n) is 5.06. The normalized spacial score (nSPS) is 31.2. The van der Waals surface area contributed by atoms with Crippen LogP contribution in [0.1, 0.15) is 24.3 Å². The van der Waals surface area contributed by atoms with Crippen molar-refractivity contribution < 1.29 is 4.79 Å². The molecular formula is C14H18N2O. The monoisotopic (exact) mass is 230 g/mol. The highest BCUT2D eigenvalue weighted by molar-refractivity contribution is 5.83. The molecule has 1 aromatic rings. The molecule has 1 heterocycles. The van der Waals surface area contributed by atoms with Crippen molar-refractivity contribution in [3.05, 3.63) is 35.9 Å². The summed E-state index contributed by atoms with van der Waals surface area (Å²) in [5.74, 6) is 0.899. The third-order valence-electron chi connectivity index (χ3n) is 3.76. The van der Waals surface area contributed by atoms with E-state index in [1.807, 2.05) is 18.2 Å². The second kappa shape index (κ2) is 4.49. The van der Waals surface area contributed by atoms with Gasteiger partial charge in [-0.15, -0.1) is 0 Å². The lowest BCUT2D eigenvalue weighted by atomic mass is 10.1. The van der Waals surface area contributed by atoms with E-state index < -0.39 is 0 Å². The molecule has 17 heavy (non-hydrogen) atoms. The minimum Gasteiger partial charge on any atom is -0.352 e. The van der Waals surface area contributed by atoms with Crippen molar-refractivity contribution in [2.45, 2.75) is 24.8 Å². The molecule has 1 saturated heterocycles. The average molecular weight is 230 g/mol. The number of carbonyl (C=O) groups excluding carboxylic acids is 1. The molecule has 3 rings (SSSR count). The average Bonchev–Trinajstić information content (AvgIpc) is 3.02. The van der Waals surface area contributed by atoms with Gasteiger partial charge in [-0.2, -0.15) is 0 Å². The molecular weight excluding hydrogens is 212 g/mol. The third-order valence-corrected chi connectivity index (χ3v) is 3.76. The highest BCUT2D eigenvalue weighted by atomic mass is 16.2. The van der Waals surface area contributed by atoms with Crippen molar-refractivity contribution in [1.82, 2.24) is 10.6 Å². The van der Waals surface area contributed by atoms with E-state index >= 15 is 0 Å². The molecule has 3 atom stereocenters. The first-order valence-corrected chi connectivity index (χ1v) is 6.40. The van der Waals surface area contributed by atoms with E-state index in [9.17, 15) is 4.79 Å². The van der Waals surface area contributed by atoms with Crippen LogP contribution in [0.15, 0.2) is 30.3 Å². The second-order valence-corrected chi connectivity index (χ2v) is 5.06. The van der Waals surface area contributed by atoms with Crippen molar-refractivity contribution in [3.63, 3.8) is 0 Å². The van der Waals surface area contributed by atoms with Gasteiger partial charge in [-0.3, -0.25) is 4.79 Å². The van der Waals surface area contributed by atoms with E-state index in [2.05, 4.69) is 22.8 Å². The fourth-order valence-electron chi connectivity index (χ4n) is 2.64. The van der Waals surface area contributed by atoms with Gasteiger partial charge in [0, 0.05) is 18.5 Å². The van der Waals surface area contributed by atoms with Gasteiger partial charge in [0.2, 0.25) is 5.91 Å². The van der Waals surface area contributed by atoms with Crippen molar-refractivity contribution in [2.75, 3.05) is 13.1 Å². The number of hydrogen-bond acceptors (Lipinski definition) is 2. The van der Waals surface area contributed by atoms with Crippen LogP contribution in [-0.2, 0) is 4.79 Å². The van der Waals surface area contributed by atoms with Crippen molar-refractivity contribution >= 4 is 5.91 Å². The lowest BCUT2D eigenvalue weighted by Gasteiger charge is -2.10. The Hall–Kier alpha value is -1.35. The minimum absolute atomic E-state index is 0.206. The lowest BCUT2D eigenvalue weighted by Crippen LogP contribution is -2.37. The predicted molar refractivity (Wildman–Crippen MR) is 66.7 cm³/mol. The Labute approximate surface area is 102 Å². The fraction of sp³-hybridized carbons (Fsp3) is 0.500. The van der Waals surface area contributed by atoms with Crippen LogP contribution in [0.5, 0.6) is 0 Å². The van der Waals surface area contributed by atoms with Crippen molar-refractivity contribution in [2.24, 2.45) is 5.92 Å². The summed E-state index contributed by atoms with van der Waals surface area (Å²) in [6.07, 6.45) is 2.07. The van der Waals surface area contributed by atoms with Crippen LogP contribution in [0, 0.1) is 5.92 Å². The van der Waals surface area contributed by atoms with E-state index in [4.69, 9.17) is 0 Å². The van der Waals surface area contributed by atoms with Gasteiger partial charge in [-0.05, 0) is 30.9 Å². The predicted octanol–water partition coefficient (Wildman–Crippen LogP) is 1.27. The van der Waals surface area contributed by atoms with Gasteiger partial charge in [0.25, 0.3) is 0 Å². The van der Waals surface area contributed by atoms with Gasteiger partial charge in [0.05, 0.1) is 0 Å². The van der Waals surface area contributed by atoms with Gasteiger partial charge in [-0.1, -0.05) is 30.3 Å². The summed E-state index contributed by atoms with van der Waals surface area (Å²) in [7, 11) is 0. The van der Waals surface area contributed by atoms with Crippen LogP contribution in [0.25, 0.3) is 0 Å². The first-order chi connectivity index (χ1) is 8.34. The van der Waals surface area contributed by atoms with Gasteiger partial charge in [0.15, 0.2) is 0 Å². The molecule has 2 unspecified atom stereocenters. The van der Waals surface area contributed by atoms with E-state index in [0.29, 0.717) is 12.0 Å². The summed E-state index contributed by atoms with van der Waals surface area (Å²) < 4.78 is 0. The van der Waals surface area contributed by atoms with Crippen LogP contribution in [0.4, 0.5) is 0 Å². The number of hydrogen-bond donors (Lipinski definition) is 2. The zero-order chi connectivity index (χ0) is 11.7. The Kier molecular flexibility index (Phi) is 2.85. The maximum Gasteiger partial charge on any atom is 0.224 e. The smallest absolute Gasteiger partial charge is 0.224 e. The molecule has 0 bridgehead atoms. The minimum atomic E-state index is 0.206. The molecule has 1 saturated carbocycles. The fourth-order valence-corrected chi connectivity index (χ4v) is 2.64. The van der Waals surface area contributed by atoms with Crippen LogP contribution < -0.4 is 10.6 Å². The first-order valence-electron chi connectivity index (χ1n) is 6.40. The highest BCUT2D eigenvalue weighted by Crippen LogP contribution is 2.47. The molecule has 3 heteroatoms. The summed E-state index contributed by atoms with van der Waals surface area (Å²) in [5, 5.41) is 6.40. The molecule has 2 aliphatic rings. The van der Waals surface area contributed by atoms with E-state index in [0.717, 1.165) is 25.9 Å². The largest absolute Gasteiger partial charge is 0.352 e. The van der Waals surface area contributed by atoms with Gasteiger partial charge in [-0.25, -0.2) is 0 Å². The number of rotatable bonds is 3. The van der Waals surface area contributed by atoms with E-state index in [1.165, 1.54) is 5.56 Å². The Morgan fingerprint density at radius 2 is 2.12 bits per heavy atom. The first kappa shape index (κ1) is 10.8. The van der Waals surface area contributed by atoms with Gasteiger partial charge < -0.3 is 10.6 Å². The molecule has 1 aliphatic carbocycles. The lowest BCUT2D eigenvalue weighted by molar-refractivity contribution is -0.123. The van der Waals surface area contributed by atoms with Gasteiger partial charge >= 0.3 is 0 Å². The molecule has 3 nitrogen and oxygen atoms in total. The zero-order valence-electron chi connectivity index (χ0n) is 9.86. The standard InChI is InChI=1S/C14H18N2O/c17-14(16-11-6-7-15-9-11)13-8-12(13)10-4-2-1-3-5-10/h1-5,11-13,15H,6-9H2,(H,16,17)/t11-,12?,13?/m1/s1. The molecule has 2 N–H and O–H groups in total. The van der Waals surface area contributed by atoms with Crippen LogP contribution in [-0.4, -0.2) is 25.0 Å². The molecule has 2 fully saturated rings. The Bertz CT molecular complexity index is 398. The Morgan fingerprint density at radius 1 is 1.29 bits per heavy atom. The van der Waals surface area contributed by atoms with E-state index in [1.54, 1.807) is 0 Å². The third kappa shape index (κ3) is 2.34. The SMILES string of the molecule is O=C(N[C@@H]1CCNC1)C1CC1c1ccccc1. The molecule has 90 valence electrons. The summed E-state index contributed by atoms with van der Waals surface area (Å²) in [6.45, 7) is 1.95. The topological polar surface area (TPSA) is 41.1 Å². The maximum atomic E-state index is 12.0.